The van der Waals surface area contributed by atoms with E-state index in [1.807, 2.05) is 6.92 Å². The molecule has 1 aliphatic carbocycles. The maximum Gasteiger partial charge on any atom is 0.391 e. The van der Waals surface area contributed by atoms with Crippen LogP contribution in [0.25, 0.3) is 0 Å². The summed E-state index contributed by atoms with van der Waals surface area (Å²) in [6.45, 7) is 1.88. The lowest BCUT2D eigenvalue weighted by Gasteiger charge is -2.33. The molecule has 2 rings (SSSR count). The molecule has 120 valence electrons. The first-order chi connectivity index (χ1) is 9.86. The van der Waals surface area contributed by atoms with Gasteiger partial charge in [0.05, 0.1) is 12.2 Å². The minimum atomic E-state index is -4.10. The van der Waals surface area contributed by atoms with Crippen LogP contribution in [-0.4, -0.2) is 23.4 Å². The van der Waals surface area contributed by atoms with Gasteiger partial charge < -0.3 is 14.8 Å². The summed E-state index contributed by atoms with van der Waals surface area (Å²) in [5, 5.41) is 13.2. The SMILES string of the molecule is C[C@H](C[C@H](O)c1ccco1)N[C@@H]1CCC[C@@H](C(F)(F)F)C1. The highest BCUT2D eigenvalue weighted by atomic mass is 19.4. The van der Waals surface area contributed by atoms with Gasteiger partial charge in [-0.25, -0.2) is 0 Å². The lowest BCUT2D eigenvalue weighted by atomic mass is 9.85. The Hall–Kier alpha value is -1.01. The van der Waals surface area contributed by atoms with Crippen LogP contribution in [0.5, 0.6) is 0 Å². The Morgan fingerprint density at radius 3 is 2.81 bits per heavy atom. The van der Waals surface area contributed by atoms with E-state index in [1.165, 1.54) is 6.26 Å². The Balaban J connectivity index is 1.81. The van der Waals surface area contributed by atoms with Crippen LogP contribution in [0.4, 0.5) is 13.2 Å². The average Bonchev–Trinajstić information content (AvgIpc) is 2.91. The van der Waals surface area contributed by atoms with Crippen molar-refractivity contribution in [2.45, 2.75) is 63.4 Å². The number of halogens is 3. The normalized spacial score (nSPS) is 26.5. The van der Waals surface area contributed by atoms with Crippen molar-refractivity contribution in [2.24, 2.45) is 5.92 Å². The molecule has 0 aliphatic heterocycles. The van der Waals surface area contributed by atoms with Crippen LogP contribution in [0.3, 0.4) is 0 Å². The molecule has 0 spiro atoms. The molecule has 0 unspecified atom stereocenters. The van der Waals surface area contributed by atoms with E-state index in [0.29, 0.717) is 18.6 Å². The second-order valence-electron chi connectivity index (χ2n) is 5.94. The first kappa shape index (κ1) is 16.4. The minimum absolute atomic E-state index is 0.0675. The number of aliphatic hydroxyl groups excluding tert-OH is 1. The van der Waals surface area contributed by atoms with Crippen molar-refractivity contribution < 1.29 is 22.7 Å². The van der Waals surface area contributed by atoms with E-state index in [2.05, 4.69) is 5.32 Å². The minimum Gasteiger partial charge on any atom is -0.467 e. The van der Waals surface area contributed by atoms with Gasteiger partial charge in [0, 0.05) is 12.1 Å². The maximum absolute atomic E-state index is 12.8. The number of rotatable bonds is 5. The zero-order valence-corrected chi connectivity index (χ0v) is 12.1. The number of furan rings is 1. The van der Waals surface area contributed by atoms with Crippen LogP contribution in [-0.2, 0) is 0 Å². The Morgan fingerprint density at radius 1 is 1.43 bits per heavy atom. The van der Waals surface area contributed by atoms with Crippen molar-refractivity contribution >= 4 is 0 Å². The Bertz CT molecular complexity index is 419. The third-order valence-corrected chi connectivity index (χ3v) is 4.11. The highest BCUT2D eigenvalue weighted by molar-refractivity contribution is 5.02. The fourth-order valence-electron chi connectivity index (χ4n) is 3.04. The van der Waals surface area contributed by atoms with Gasteiger partial charge in [-0.3, -0.25) is 0 Å². The van der Waals surface area contributed by atoms with Crippen LogP contribution in [0.2, 0.25) is 0 Å². The molecule has 1 aromatic rings. The van der Waals surface area contributed by atoms with Gasteiger partial charge >= 0.3 is 6.18 Å². The third-order valence-electron chi connectivity index (χ3n) is 4.11. The van der Waals surface area contributed by atoms with Gasteiger partial charge in [-0.1, -0.05) is 6.42 Å². The second-order valence-corrected chi connectivity index (χ2v) is 5.94. The van der Waals surface area contributed by atoms with Crippen molar-refractivity contribution in [1.82, 2.24) is 5.32 Å². The molecule has 3 nitrogen and oxygen atoms in total. The topological polar surface area (TPSA) is 45.4 Å². The molecule has 1 aromatic heterocycles. The van der Waals surface area contributed by atoms with E-state index in [1.54, 1.807) is 12.1 Å². The monoisotopic (exact) mass is 305 g/mol. The van der Waals surface area contributed by atoms with E-state index in [9.17, 15) is 18.3 Å². The molecule has 1 saturated carbocycles. The predicted octanol–water partition coefficient (Wildman–Crippen LogP) is 3.80. The Morgan fingerprint density at radius 2 is 2.19 bits per heavy atom. The van der Waals surface area contributed by atoms with Crippen molar-refractivity contribution in [2.75, 3.05) is 0 Å². The van der Waals surface area contributed by atoms with E-state index in [4.69, 9.17) is 4.42 Å². The summed E-state index contributed by atoms with van der Waals surface area (Å²) >= 11 is 0. The van der Waals surface area contributed by atoms with Crippen LogP contribution in [0, 0.1) is 5.92 Å². The predicted molar refractivity (Wildman–Crippen MR) is 72.7 cm³/mol. The van der Waals surface area contributed by atoms with Gasteiger partial charge in [0.15, 0.2) is 0 Å². The maximum atomic E-state index is 12.8. The molecule has 21 heavy (non-hydrogen) atoms. The Kier molecular flexibility index (Phi) is 5.32. The molecular weight excluding hydrogens is 283 g/mol. The van der Waals surface area contributed by atoms with Crippen LogP contribution < -0.4 is 5.32 Å². The Labute approximate surface area is 122 Å². The number of hydrogen-bond donors (Lipinski definition) is 2. The van der Waals surface area contributed by atoms with E-state index < -0.39 is 18.2 Å². The van der Waals surface area contributed by atoms with E-state index in [-0.39, 0.29) is 24.9 Å². The molecule has 0 radical (unpaired) electrons. The molecule has 2 N–H and O–H groups in total. The van der Waals surface area contributed by atoms with Gasteiger partial charge in [0.25, 0.3) is 0 Å². The first-order valence-corrected chi connectivity index (χ1v) is 7.40. The number of alkyl halides is 3. The summed E-state index contributed by atoms with van der Waals surface area (Å²) in [5.74, 6) is -0.716. The second kappa shape index (κ2) is 6.83. The molecule has 1 heterocycles. The molecule has 6 heteroatoms. The smallest absolute Gasteiger partial charge is 0.391 e. The number of hydrogen-bond acceptors (Lipinski definition) is 3. The quantitative estimate of drug-likeness (QED) is 0.869. The summed E-state index contributed by atoms with van der Waals surface area (Å²) < 4.78 is 43.4. The molecule has 0 bridgehead atoms. The van der Waals surface area contributed by atoms with Crippen LogP contribution in [0.1, 0.15) is 50.9 Å². The van der Waals surface area contributed by atoms with Crippen molar-refractivity contribution in [1.29, 1.82) is 0 Å². The zero-order valence-electron chi connectivity index (χ0n) is 12.1. The fourth-order valence-corrected chi connectivity index (χ4v) is 3.04. The summed E-state index contributed by atoms with van der Waals surface area (Å²) in [4.78, 5) is 0. The van der Waals surface area contributed by atoms with E-state index >= 15 is 0 Å². The highest BCUT2D eigenvalue weighted by Crippen LogP contribution is 2.37. The molecule has 0 saturated heterocycles. The van der Waals surface area contributed by atoms with E-state index in [0.717, 1.165) is 6.42 Å². The summed E-state index contributed by atoms with van der Waals surface area (Å²) in [6.07, 6.45) is -1.22. The van der Waals surface area contributed by atoms with Crippen molar-refractivity contribution in [3.05, 3.63) is 24.2 Å². The van der Waals surface area contributed by atoms with Gasteiger partial charge in [-0.05, 0) is 44.7 Å². The number of nitrogens with one attached hydrogen (secondary N) is 1. The third kappa shape index (κ3) is 4.74. The largest absolute Gasteiger partial charge is 0.467 e. The zero-order chi connectivity index (χ0) is 15.5. The molecule has 1 fully saturated rings. The van der Waals surface area contributed by atoms with Crippen LogP contribution in [0.15, 0.2) is 22.8 Å². The summed E-state index contributed by atoms with van der Waals surface area (Å²) in [7, 11) is 0. The molecule has 0 amide bonds. The molecule has 1 aliphatic rings. The van der Waals surface area contributed by atoms with Gasteiger partial charge in [0.2, 0.25) is 0 Å². The molecule has 0 aromatic carbocycles. The molecule has 4 atom stereocenters. The lowest BCUT2D eigenvalue weighted by molar-refractivity contribution is -0.183. The lowest BCUT2D eigenvalue weighted by Crippen LogP contribution is -2.43. The van der Waals surface area contributed by atoms with Crippen LogP contribution >= 0.6 is 0 Å². The van der Waals surface area contributed by atoms with Gasteiger partial charge in [-0.15, -0.1) is 0 Å². The van der Waals surface area contributed by atoms with Crippen molar-refractivity contribution in [3.63, 3.8) is 0 Å². The average molecular weight is 305 g/mol. The van der Waals surface area contributed by atoms with Gasteiger partial charge in [-0.2, -0.15) is 13.2 Å². The van der Waals surface area contributed by atoms with Crippen molar-refractivity contribution in [3.8, 4) is 0 Å². The summed E-state index contributed by atoms with van der Waals surface area (Å²) in [6, 6.07) is 3.19. The van der Waals surface area contributed by atoms with Gasteiger partial charge in [0.1, 0.15) is 11.9 Å². The number of aliphatic hydroxyl groups is 1. The fraction of sp³-hybridized carbons (Fsp3) is 0.733. The molecular formula is C15H22F3NO2. The highest BCUT2D eigenvalue weighted by Gasteiger charge is 2.42. The summed E-state index contributed by atoms with van der Waals surface area (Å²) in [5.41, 5.74) is 0. The standard InChI is InChI=1S/C15H22F3NO2/c1-10(8-13(20)14-6-3-7-21-14)19-12-5-2-4-11(9-12)15(16,17)18/h3,6-7,10-13,19-20H,2,4-5,8-9H2,1H3/t10-,11-,12-,13+/m1/s1. The first-order valence-electron chi connectivity index (χ1n) is 7.40.